The van der Waals surface area contributed by atoms with Gasteiger partial charge in [-0.3, -0.25) is 9.59 Å². The summed E-state index contributed by atoms with van der Waals surface area (Å²) in [5.41, 5.74) is 7.07. The van der Waals surface area contributed by atoms with Gasteiger partial charge in [0.1, 0.15) is 10.6 Å². The molecular weight excluding hydrogens is 212 g/mol. The van der Waals surface area contributed by atoms with Crippen LogP contribution in [0.4, 0.5) is 0 Å². The first-order chi connectivity index (χ1) is 7.00. The molecule has 0 saturated carbocycles. The van der Waals surface area contributed by atoms with E-state index >= 15 is 0 Å². The van der Waals surface area contributed by atoms with E-state index in [-0.39, 0.29) is 5.57 Å². The molecule has 2 aliphatic heterocycles. The maximum absolute atomic E-state index is 11.4. The molecule has 15 heavy (non-hydrogen) atoms. The van der Waals surface area contributed by atoms with E-state index in [9.17, 15) is 9.59 Å². The number of thioether (sulfide) groups is 1. The van der Waals surface area contributed by atoms with Gasteiger partial charge in [0, 0.05) is 10.8 Å². The first-order valence-electron chi connectivity index (χ1n) is 4.53. The Balaban J connectivity index is 2.52. The van der Waals surface area contributed by atoms with Crippen LogP contribution < -0.4 is 5.73 Å². The van der Waals surface area contributed by atoms with Crippen LogP contribution >= 0.6 is 11.8 Å². The largest absolute Gasteiger partial charge is 0.365 e. The van der Waals surface area contributed by atoms with Crippen LogP contribution in [-0.4, -0.2) is 22.1 Å². The maximum atomic E-state index is 11.4. The van der Waals surface area contributed by atoms with Gasteiger partial charge in [-0.1, -0.05) is 17.3 Å². The van der Waals surface area contributed by atoms with E-state index in [4.69, 9.17) is 5.73 Å². The monoisotopic (exact) mass is 222 g/mol. The van der Waals surface area contributed by atoms with Crippen molar-refractivity contribution in [2.45, 2.75) is 19.1 Å². The second-order valence-electron chi connectivity index (χ2n) is 3.50. The molecule has 0 bridgehead atoms. The van der Waals surface area contributed by atoms with Crippen molar-refractivity contribution in [3.05, 3.63) is 22.8 Å². The van der Waals surface area contributed by atoms with Gasteiger partial charge in [0.25, 0.3) is 11.8 Å². The Morgan fingerprint density at radius 1 is 1.60 bits per heavy atom. The maximum Gasteiger partial charge on any atom is 0.283 e. The van der Waals surface area contributed by atoms with Gasteiger partial charge in [-0.25, -0.2) is 4.99 Å². The highest BCUT2D eigenvalue weighted by molar-refractivity contribution is 8.15. The number of nitrogens with zero attached hydrogens (tertiary/aromatic N) is 1. The van der Waals surface area contributed by atoms with Crippen molar-refractivity contribution in [3.63, 3.8) is 0 Å². The highest BCUT2D eigenvalue weighted by atomic mass is 32.2. The zero-order chi connectivity index (χ0) is 11.2. The van der Waals surface area contributed by atoms with Crippen molar-refractivity contribution in [1.82, 2.24) is 0 Å². The van der Waals surface area contributed by atoms with E-state index in [1.165, 1.54) is 11.8 Å². The fourth-order valence-electron chi connectivity index (χ4n) is 1.50. The van der Waals surface area contributed by atoms with E-state index in [2.05, 4.69) is 4.99 Å². The van der Waals surface area contributed by atoms with Gasteiger partial charge >= 0.3 is 0 Å². The van der Waals surface area contributed by atoms with Crippen LogP contribution in [0, 0.1) is 0 Å². The number of allylic oxidation sites excluding steroid dienone is 1. The number of fused-ring (bicyclic) bond motifs is 1. The minimum Gasteiger partial charge on any atom is -0.365 e. The van der Waals surface area contributed by atoms with Gasteiger partial charge in [-0.05, 0) is 19.9 Å². The highest BCUT2D eigenvalue weighted by Crippen LogP contribution is 2.37. The minimum absolute atomic E-state index is 0.0252. The Morgan fingerprint density at radius 3 is 2.87 bits per heavy atom. The van der Waals surface area contributed by atoms with Gasteiger partial charge in [-0.15, -0.1) is 0 Å². The van der Waals surface area contributed by atoms with Crippen molar-refractivity contribution in [3.8, 4) is 0 Å². The van der Waals surface area contributed by atoms with Crippen LogP contribution in [0.2, 0.25) is 0 Å². The van der Waals surface area contributed by atoms with Crippen molar-refractivity contribution < 1.29 is 9.59 Å². The SMILES string of the molecule is CC1=C2C=C(C(N)=O)C(=O)N=C2SC1C. The molecule has 0 saturated heterocycles. The highest BCUT2D eigenvalue weighted by Gasteiger charge is 2.31. The van der Waals surface area contributed by atoms with Gasteiger partial charge in [0.15, 0.2) is 0 Å². The normalized spacial score (nSPS) is 24.9. The van der Waals surface area contributed by atoms with Crippen LogP contribution in [0.1, 0.15) is 13.8 Å². The third kappa shape index (κ3) is 1.52. The number of carbonyl (C=O) groups excluding carboxylic acids is 2. The van der Waals surface area contributed by atoms with Crippen LogP contribution in [0.25, 0.3) is 0 Å². The number of rotatable bonds is 1. The van der Waals surface area contributed by atoms with Crippen molar-refractivity contribution >= 4 is 28.6 Å². The van der Waals surface area contributed by atoms with Gasteiger partial charge < -0.3 is 5.73 Å². The molecule has 2 N–H and O–H groups in total. The Kier molecular flexibility index (Phi) is 2.26. The number of amides is 2. The Bertz CT molecular complexity index is 460. The molecule has 78 valence electrons. The summed E-state index contributed by atoms with van der Waals surface area (Å²) in [5.74, 6) is -1.25. The summed E-state index contributed by atoms with van der Waals surface area (Å²) >= 11 is 1.53. The zero-order valence-electron chi connectivity index (χ0n) is 8.40. The molecule has 2 rings (SSSR count). The standard InChI is InChI=1S/C10H10N2O2S/c1-4-5(2)15-10-6(4)3-7(8(11)13)9(14)12-10/h3,5H,1-2H3,(H2,11,13). The summed E-state index contributed by atoms with van der Waals surface area (Å²) in [6, 6.07) is 0. The zero-order valence-corrected chi connectivity index (χ0v) is 9.22. The van der Waals surface area contributed by atoms with Crippen molar-refractivity contribution in [2.75, 3.05) is 0 Å². The summed E-state index contributed by atoms with van der Waals surface area (Å²) in [6.45, 7) is 4.01. The number of primary amides is 1. The first-order valence-corrected chi connectivity index (χ1v) is 5.41. The summed E-state index contributed by atoms with van der Waals surface area (Å²) in [4.78, 5) is 26.2. The van der Waals surface area contributed by atoms with Crippen LogP contribution in [0.5, 0.6) is 0 Å². The number of hydrogen-bond donors (Lipinski definition) is 1. The lowest BCUT2D eigenvalue weighted by Crippen LogP contribution is -2.23. The van der Waals surface area contributed by atoms with Crippen LogP contribution in [0.15, 0.2) is 27.8 Å². The predicted octanol–water partition coefficient (Wildman–Crippen LogP) is 0.789. The lowest BCUT2D eigenvalue weighted by molar-refractivity contribution is -0.120. The average molecular weight is 222 g/mol. The van der Waals surface area contributed by atoms with Crippen LogP contribution in [0.3, 0.4) is 0 Å². The molecule has 4 nitrogen and oxygen atoms in total. The summed E-state index contributed by atoms with van der Waals surface area (Å²) < 4.78 is 0. The van der Waals surface area contributed by atoms with E-state index in [1.54, 1.807) is 6.08 Å². The molecule has 0 spiro atoms. The minimum atomic E-state index is -0.715. The van der Waals surface area contributed by atoms with Gasteiger partial charge in [0.2, 0.25) is 0 Å². The Morgan fingerprint density at radius 2 is 2.27 bits per heavy atom. The summed E-state index contributed by atoms with van der Waals surface area (Å²) in [6.07, 6.45) is 1.55. The van der Waals surface area contributed by atoms with Crippen LogP contribution in [-0.2, 0) is 9.59 Å². The molecule has 2 amide bonds. The molecule has 2 aliphatic rings. The second kappa shape index (κ2) is 3.34. The fraction of sp³-hybridized carbons (Fsp3) is 0.300. The summed E-state index contributed by atoms with van der Waals surface area (Å²) in [7, 11) is 0. The molecule has 0 aromatic carbocycles. The molecule has 0 radical (unpaired) electrons. The van der Waals surface area contributed by atoms with Crippen molar-refractivity contribution in [2.24, 2.45) is 10.7 Å². The number of aliphatic imine (C=N–C) groups is 1. The molecule has 0 fully saturated rings. The quantitative estimate of drug-likeness (QED) is 0.666. The van der Waals surface area contributed by atoms with E-state index in [1.807, 2.05) is 13.8 Å². The fourth-order valence-corrected chi connectivity index (χ4v) is 2.63. The van der Waals surface area contributed by atoms with E-state index in [0.29, 0.717) is 10.3 Å². The van der Waals surface area contributed by atoms with E-state index in [0.717, 1.165) is 11.1 Å². The Hall–Kier alpha value is -1.36. The molecule has 5 heteroatoms. The number of hydrogen-bond acceptors (Lipinski definition) is 3. The third-order valence-corrected chi connectivity index (χ3v) is 3.78. The third-order valence-electron chi connectivity index (χ3n) is 2.54. The number of carbonyl (C=O) groups is 2. The molecule has 1 atom stereocenters. The topological polar surface area (TPSA) is 72.5 Å². The van der Waals surface area contributed by atoms with Crippen molar-refractivity contribution in [1.29, 1.82) is 0 Å². The molecule has 1 unspecified atom stereocenters. The smallest absolute Gasteiger partial charge is 0.283 e. The lowest BCUT2D eigenvalue weighted by Gasteiger charge is -2.07. The Labute approximate surface area is 91.3 Å². The number of nitrogens with two attached hydrogens (primary N) is 1. The predicted molar refractivity (Wildman–Crippen MR) is 59.5 cm³/mol. The first kappa shape index (κ1) is 10.2. The molecular formula is C10H10N2O2S. The lowest BCUT2D eigenvalue weighted by atomic mass is 10.0. The molecule has 2 heterocycles. The van der Waals surface area contributed by atoms with E-state index < -0.39 is 11.8 Å². The molecule has 0 aromatic heterocycles. The second-order valence-corrected chi connectivity index (χ2v) is 4.83. The van der Waals surface area contributed by atoms with Gasteiger partial charge in [-0.2, -0.15) is 0 Å². The summed E-state index contributed by atoms with van der Waals surface area (Å²) in [5, 5.41) is 1.00. The van der Waals surface area contributed by atoms with Gasteiger partial charge in [0.05, 0.1) is 0 Å². The average Bonchev–Trinajstić information content (AvgIpc) is 2.41. The number of dihydropyridines is 1. The molecule has 0 aromatic rings. The molecule has 0 aliphatic carbocycles.